The van der Waals surface area contributed by atoms with E-state index in [9.17, 15) is 5.11 Å². The molecule has 2 heterocycles. The largest absolute Gasteiger partial charge is 0.464 e. The van der Waals surface area contributed by atoms with E-state index in [1.54, 1.807) is 6.26 Å². The molecule has 5 heteroatoms. The van der Waals surface area contributed by atoms with Gasteiger partial charge in [0, 0.05) is 30.3 Å². The predicted octanol–water partition coefficient (Wildman–Crippen LogP) is 3.10. The van der Waals surface area contributed by atoms with E-state index in [0.29, 0.717) is 0 Å². The Morgan fingerprint density at radius 3 is 2.81 bits per heavy atom. The van der Waals surface area contributed by atoms with E-state index in [4.69, 9.17) is 4.74 Å². The summed E-state index contributed by atoms with van der Waals surface area (Å²) in [5.41, 5.74) is 8.55. The normalized spacial score (nSPS) is 23.3. The quantitative estimate of drug-likeness (QED) is 0.766. The number of hydrazine groups is 1. The lowest BCUT2D eigenvalue weighted by Crippen LogP contribution is -2.64. The molecule has 2 aliphatic heterocycles. The van der Waals surface area contributed by atoms with Crippen molar-refractivity contribution in [3.05, 3.63) is 82.6 Å². The number of nitrogens with zero attached hydrogens (tertiary/aromatic N) is 1. The number of benzene rings is 1. The summed E-state index contributed by atoms with van der Waals surface area (Å²) in [4.78, 5) is 0. The van der Waals surface area contributed by atoms with Crippen LogP contribution in [-0.2, 0) is 11.2 Å². The third-order valence-corrected chi connectivity index (χ3v) is 5.20. The van der Waals surface area contributed by atoms with Crippen LogP contribution in [0.4, 0.5) is 0 Å². The zero-order chi connectivity index (χ0) is 19.0. The molecule has 1 aromatic carbocycles. The van der Waals surface area contributed by atoms with Crippen LogP contribution in [0, 0.1) is 0 Å². The molecule has 0 bridgehead atoms. The van der Waals surface area contributed by atoms with Crippen LogP contribution in [0.5, 0.6) is 0 Å². The highest BCUT2D eigenvalue weighted by Gasteiger charge is 2.41. The Bertz CT molecular complexity index is 850. The molecule has 3 aliphatic rings. The van der Waals surface area contributed by atoms with Crippen LogP contribution in [0.3, 0.4) is 0 Å². The zero-order valence-electron chi connectivity index (χ0n) is 16.1. The van der Waals surface area contributed by atoms with Crippen molar-refractivity contribution in [3.63, 3.8) is 0 Å². The van der Waals surface area contributed by atoms with Crippen molar-refractivity contribution in [3.8, 4) is 0 Å². The van der Waals surface area contributed by atoms with Gasteiger partial charge in [-0.2, -0.15) is 0 Å². The number of hydrogen-bond donors (Lipinski definition) is 3. The van der Waals surface area contributed by atoms with Crippen LogP contribution in [0.25, 0.3) is 0 Å². The van der Waals surface area contributed by atoms with Crippen molar-refractivity contribution in [1.29, 1.82) is 0 Å². The van der Waals surface area contributed by atoms with Crippen LogP contribution in [0.1, 0.15) is 32.8 Å². The first-order valence-corrected chi connectivity index (χ1v) is 9.46. The molecule has 0 radical (unpaired) electrons. The zero-order valence-corrected chi connectivity index (χ0v) is 16.1. The lowest BCUT2D eigenvalue weighted by Gasteiger charge is -2.48. The van der Waals surface area contributed by atoms with Gasteiger partial charge in [-0.3, -0.25) is 5.01 Å². The summed E-state index contributed by atoms with van der Waals surface area (Å²) >= 11 is 0. The molecule has 0 amide bonds. The predicted molar refractivity (Wildman–Crippen MR) is 106 cm³/mol. The molecule has 142 valence electrons. The van der Waals surface area contributed by atoms with Gasteiger partial charge in [0.25, 0.3) is 0 Å². The Kier molecular flexibility index (Phi) is 4.58. The minimum atomic E-state index is -0.699. The lowest BCUT2D eigenvalue weighted by atomic mass is 9.91. The average molecular weight is 365 g/mol. The van der Waals surface area contributed by atoms with E-state index < -0.39 is 11.8 Å². The van der Waals surface area contributed by atoms with Gasteiger partial charge in [0.1, 0.15) is 5.76 Å². The van der Waals surface area contributed by atoms with Gasteiger partial charge in [0.05, 0.1) is 17.5 Å². The SMILES string of the molecule is CC1=COC2=CC3=C(CC2=C1)NC(C)(C)[C@@H](O)N3NCCc1ccccc1. The second-order valence-electron chi connectivity index (χ2n) is 7.93. The Labute approximate surface area is 160 Å². The van der Waals surface area contributed by atoms with Crippen molar-refractivity contribution in [2.24, 2.45) is 0 Å². The van der Waals surface area contributed by atoms with Gasteiger partial charge in [-0.05, 0) is 44.4 Å². The summed E-state index contributed by atoms with van der Waals surface area (Å²) < 4.78 is 5.79. The van der Waals surface area contributed by atoms with E-state index in [1.165, 1.54) is 5.56 Å². The number of ether oxygens (including phenoxy) is 1. The first-order chi connectivity index (χ1) is 12.9. The Balaban J connectivity index is 1.56. The van der Waals surface area contributed by atoms with Gasteiger partial charge in [-0.1, -0.05) is 30.3 Å². The van der Waals surface area contributed by atoms with Crippen LogP contribution in [0.2, 0.25) is 0 Å². The van der Waals surface area contributed by atoms with Gasteiger partial charge < -0.3 is 15.2 Å². The highest BCUT2D eigenvalue weighted by atomic mass is 16.5. The highest BCUT2D eigenvalue weighted by Crippen LogP contribution is 2.37. The molecule has 27 heavy (non-hydrogen) atoms. The molecule has 3 N–H and O–H groups in total. The van der Waals surface area contributed by atoms with E-state index in [1.807, 2.05) is 50.1 Å². The Morgan fingerprint density at radius 2 is 2.04 bits per heavy atom. The summed E-state index contributed by atoms with van der Waals surface area (Å²) in [6.45, 7) is 6.81. The fourth-order valence-electron chi connectivity index (χ4n) is 3.74. The molecule has 1 aromatic rings. The molecular formula is C22H27N3O2. The first kappa shape index (κ1) is 17.9. The van der Waals surface area contributed by atoms with Gasteiger partial charge >= 0.3 is 0 Å². The van der Waals surface area contributed by atoms with Crippen LogP contribution < -0.4 is 10.7 Å². The van der Waals surface area contributed by atoms with Crippen LogP contribution >= 0.6 is 0 Å². The second-order valence-corrected chi connectivity index (χ2v) is 7.93. The summed E-state index contributed by atoms with van der Waals surface area (Å²) in [6, 6.07) is 10.4. The first-order valence-electron chi connectivity index (χ1n) is 9.46. The number of allylic oxidation sites excluding steroid dienone is 5. The standard InChI is InChI=1S/C22H27N3O2/c1-15-11-17-12-18-19(13-20(17)27-14-15)25(21(26)22(2,3)24-18)23-10-9-16-7-5-4-6-8-16/h4-8,11,13-14,21,23-24,26H,9-10,12H2,1-3H3/t21-/m1/s1. The van der Waals surface area contributed by atoms with Gasteiger partial charge in [0.2, 0.25) is 0 Å². The third kappa shape index (κ3) is 3.53. The minimum absolute atomic E-state index is 0.467. The van der Waals surface area contributed by atoms with E-state index in [-0.39, 0.29) is 0 Å². The number of aliphatic hydroxyl groups excluding tert-OH is 1. The van der Waals surface area contributed by atoms with Gasteiger partial charge in [0.15, 0.2) is 6.23 Å². The maximum absolute atomic E-state index is 10.9. The van der Waals surface area contributed by atoms with E-state index >= 15 is 0 Å². The molecule has 0 saturated heterocycles. The number of hydrogen-bond acceptors (Lipinski definition) is 5. The monoisotopic (exact) mass is 365 g/mol. The molecule has 0 spiro atoms. The fraction of sp³-hybridized carbons (Fsp3) is 0.364. The second kappa shape index (κ2) is 6.91. The van der Waals surface area contributed by atoms with Crippen molar-refractivity contribution < 1.29 is 9.84 Å². The number of aliphatic hydroxyl groups is 1. The number of fused-ring (bicyclic) bond motifs is 1. The van der Waals surface area contributed by atoms with Gasteiger partial charge in [-0.25, -0.2) is 5.43 Å². The summed E-state index contributed by atoms with van der Waals surface area (Å²) in [5.74, 6) is 0.850. The fourth-order valence-corrected chi connectivity index (χ4v) is 3.74. The molecule has 0 unspecified atom stereocenters. The van der Waals surface area contributed by atoms with Crippen LogP contribution in [0.15, 0.2) is 77.0 Å². The topological polar surface area (TPSA) is 56.8 Å². The average Bonchev–Trinajstić information content (AvgIpc) is 2.64. The molecule has 1 atom stereocenters. The molecule has 1 aliphatic carbocycles. The van der Waals surface area contributed by atoms with E-state index in [2.05, 4.69) is 29.0 Å². The molecule has 5 nitrogen and oxygen atoms in total. The van der Waals surface area contributed by atoms with Crippen molar-refractivity contribution in [2.45, 2.75) is 45.4 Å². The Morgan fingerprint density at radius 1 is 1.26 bits per heavy atom. The minimum Gasteiger partial charge on any atom is -0.464 e. The van der Waals surface area contributed by atoms with E-state index in [0.717, 1.165) is 47.7 Å². The Hall–Kier alpha value is -2.50. The lowest BCUT2D eigenvalue weighted by molar-refractivity contribution is -0.0691. The van der Waals surface area contributed by atoms with Crippen molar-refractivity contribution >= 4 is 0 Å². The van der Waals surface area contributed by atoms with Crippen molar-refractivity contribution in [1.82, 2.24) is 15.8 Å². The molecule has 0 saturated carbocycles. The summed E-state index contributed by atoms with van der Waals surface area (Å²) in [5, 5.41) is 16.3. The molecule has 0 aromatic heterocycles. The number of rotatable bonds is 4. The van der Waals surface area contributed by atoms with Crippen LogP contribution in [-0.4, -0.2) is 28.4 Å². The van der Waals surface area contributed by atoms with Gasteiger partial charge in [-0.15, -0.1) is 0 Å². The molecular weight excluding hydrogens is 338 g/mol. The smallest absolute Gasteiger partial charge is 0.163 e. The highest BCUT2D eigenvalue weighted by molar-refractivity contribution is 5.49. The maximum Gasteiger partial charge on any atom is 0.163 e. The molecule has 0 fully saturated rings. The van der Waals surface area contributed by atoms with Crippen molar-refractivity contribution in [2.75, 3.05) is 6.54 Å². The third-order valence-electron chi connectivity index (χ3n) is 5.20. The molecule has 4 rings (SSSR count). The number of nitrogens with one attached hydrogen (secondary N) is 2. The maximum atomic E-state index is 10.9. The summed E-state index contributed by atoms with van der Waals surface area (Å²) in [6.07, 6.45) is 6.89. The summed E-state index contributed by atoms with van der Waals surface area (Å²) in [7, 11) is 0.